The van der Waals surface area contributed by atoms with Crippen molar-refractivity contribution in [2.24, 2.45) is 11.7 Å². The van der Waals surface area contributed by atoms with Crippen LogP contribution in [0.5, 0.6) is 0 Å². The topological polar surface area (TPSA) is 26.0 Å². The Bertz CT molecular complexity index is 296. The summed E-state index contributed by atoms with van der Waals surface area (Å²) in [5.74, 6) is 0.732. The average Bonchev–Trinajstić information content (AvgIpc) is 2.15. The van der Waals surface area contributed by atoms with Crippen LogP contribution in [0.25, 0.3) is 0 Å². The second-order valence-electron chi connectivity index (χ2n) is 4.57. The fourth-order valence-electron chi connectivity index (χ4n) is 1.62. The summed E-state index contributed by atoms with van der Waals surface area (Å²) < 4.78 is 0. The van der Waals surface area contributed by atoms with Gasteiger partial charge in [-0.2, -0.15) is 0 Å². The number of benzene rings is 1. The van der Waals surface area contributed by atoms with E-state index in [0.29, 0.717) is 0 Å². The molecule has 0 aliphatic rings. The van der Waals surface area contributed by atoms with Gasteiger partial charge < -0.3 is 5.73 Å². The van der Waals surface area contributed by atoms with E-state index in [9.17, 15) is 0 Å². The van der Waals surface area contributed by atoms with Gasteiger partial charge in [0.1, 0.15) is 0 Å². The highest BCUT2D eigenvalue weighted by atomic mass is 35.5. The van der Waals surface area contributed by atoms with E-state index in [2.05, 4.69) is 19.9 Å². The molecule has 0 radical (unpaired) electrons. The number of halogens is 1. The number of hydrogen-bond acceptors (Lipinski definition) is 1. The van der Waals surface area contributed by atoms with Crippen LogP contribution < -0.4 is 5.73 Å². The maximum Gasteiger partial charge on any atom is 0.0408 e. The minimum absolute atomic E-state index is 0.255. The van der Waals surface area contributed by atoms with Crippen LogP contribution in [0.2, 0.25) is 5.02 Å². The third kappa shape index (κ3) is 5.19. The molecule has 0 spiro atoms. The molecule has 1 aromatic carbocycles. The van der Waals surface area contributed by atoms with Crippen molar-refractivity contribution >= 4 is 11.6 Å². The monoisotopic (exact) mass is 225 g/mol. The van der Waals surface area contributed by atoms with Crippen LogP contribution in [0.15, 0.2) is 24.3 Å². The highest BCUT2D eigenvalue weighted by molar-refractivity contribution is 6.30. The van der Waals surface area contributed by atoms with Gasteiger partial charge in [0.2, 0.25) is 0 Å². The molecule has 0 aliphatic heterocycles. The summed E-state index contributed by atoms with van der Waals surface area (Å²) >= 11 is 5.91. The van der Waals surface area contributed by atoms with Crippen molar-refractivity contribution in [3.63, 3.8) is 0 Å². The van der Waals surface area contributed by atoms with Gasteiger partial charge in [-0.1, -0.05) is 37.6 Å². The lowest BCUT2D eigenvalue weighted by Gasteiger charge is -2.13. The maximum atomic E-state index is 6.06. The van der Waals surface area contributed by atoms with E-state index >= 15 is 0 Å². The van der Waals surface area contributed by atoms with Crippen molar-refractivity contribution in [3.8, 4) is 0 Å². The second-order valence-corrected chi connectivity index (χ2v) is 5.00. The van der Waals surface area contributed by atoms with Gasteiger partial charge in [0.15, 0.2) is 0 Å². The van der Waals surface area contributed by atoms with Crippen molar-refractivity contribution in [2.45, 2.75) is 39.2 Å². The van der Waals surface area contributed by atoms with Gasteiger partial charge in [-0.05, 0) is 42.9 Å². The molecule has 0 aromatic heterocycles. The number of rotatable bonds is 5. The maximum absolute atomic E-state index is 6.06. The molecule has 0 saturated heterocycles. The summed E-state index contributed by atoms with van der Waals surface area (Å²) in [6, 6.07) is 8.21. The summed E-state index contributed by atoms with van der Waals surface area (Å²) in [5.41, 5.74) is 7.30. The minimum atomic E-state index is 0.255. The van der Waals surface area contributed by atoms with Crippen LogP contribution in [0.4, 0.5) is 0 Å². The zero-order chi connectivity index (χ0) is 11.3. The number of nitrogens with two attached hydrogens (primary N) is 1. The third-order valence-electron chi connectivity index (χ3n) is 2.50. The molecule has 1 rings (SSSR count). The predicted octanol–water partition coefficient (Wildman–Crippen LogP) is 3.65. The molecule has 0 fully saturated rings. The Morgan fingerprint density at radius 3 is 2.60 bits per heavy atom. The van der Waals surface area contributed by atoms with Crippen LogP contribution in [0.1, 0.15) is 32.3 Å². The van der Waals surface area contributed by atoms with Crippen LogP contribution in [-0.4, -0.2) is 6.04 Å². The molecule has 0 amide bonds. The molecule has 1 nitrogen and oxygen atoms in total. The van der Waals surface area contributed by atoms with E-state index in [1.807, 2.05) is 18.2 Å². The Balaban J connectivity index is 2.40. The molecule has 2 N–H and O–H groups in total. The smallest absolute Gasteiger partial charge is 0.0408 e. The van der Waals surface area contributed by atoms with Crippen molar-refractivity contribution in [3.05, 3.63) is 34.9 Å². The molecule has 0 heterocycles. The second kappa shape index (κ2) is 6.14. The van der Waals surface area contributed by atoms with Crippen molar-refractivity contribution in [1.82, 2.24) is 0 Å². The quantitative estimate of drug-likeness (QED) is 0.814. The Morgan fingerprint density at radius 2 is 2.00 bits per heavy atom. The summed E-state index contributed by atoms with van der Waals surface area (Å²) in [6.07, 6.45) is 3.21. The predicted molar refractivity (Wildman–Crippen MR) is 67.2 cm³/mol. The highest BCUT2D eigenvalue weighted by Crippen LogP contribution is 2.14. The lowest BCUT2D eigenvalue weighted by Crippen LogP contribution is -2.23. The van der Waals surface area contributed by atoms with E-state index in [0.717, 1.165) is 23.8 Å². The van der Waals surface area contributed by atoms with Gasteiger partial charge in [-0.15, -0.1) is 0 Å². The Hall–Kier alpha value is -0.530. The molecule has 2 heteroatoms. The first-order valence-corrected chi connectivity index (χ1v) is 5.95. The Labute approximate surface area is 97.6 Å². The van der Waals surface area contributed by atoms with Crippen molar-refractivity contribution in [2.75, 3.05) is 0 Å². The van der Waals surface area contributed by atoms with Gasteiger partial charge in [0.25, 0.3) is 0 Å². The number of hydrogen-bond donors (Lipinski definition) is 1. The SMILES string of the molecule is CC(C)CCC(N)Cc1cccc(Cl)c1. The highest BCUT2D eigenvalue weighted by Gasteiger charge is 2.05. The largest absolute Gasteiger partial charge is 0.327 e. The van der Waals surface area contributed by atoms with Gasteiger partial charge in [-0.3, -0.25) is 0 Å². The Kier molecular flexibility index (Phi) is 5.13. The first-order chi connectivity index (χ1) is 7.08. The minimum Gasteiger partial charge on any atom is -0.327 e. The first-order valence-electron chi connectivity index (χ1n) is 5.58. The zero-order valence-corrected chi connectivity index (χ0v) is 10.3. The summed E-state index contributed by atoms with van der Waals surface area (Å²) in [7, 11) is 0. The fourth-order valence-corrected chi connectivity index (χ4v) is 1.83. The van der Waals surface area contributed by atoms with E-state index in [-0.39, 0.29) is 6.04 Å². The third-order valence-corrected chi connectivity index (χ3v) is 2.74. The molecular formula is C13H20ClN. The van der Waals surface area contributed by atoms with Gasteiger partial charge >= 0.3 is 0 Å². The average molecular weight is 226 g/mol. The fraction of sp³-hybridized carbons (Fsp3) is 0.538. The van der Waals surface area contributed by atoms with Crippen LogP contribution in [0.3, 0.4) is 0 Å². The lowest BCUT2D eigenvalue weighted by atomic mass is 9.99. The molecular weight excluding hydrogens is 206 g/mol. The molecule has 1 unspecified atom stereocenters. The van der Waals surface area contributed by atoms with Gasteiger partial charge in [-0.25, -0.2) is 0 Å². The molecule has 0 aliphatic carbocycles. The van der Waals surface area contributed by atoms with Gasteiger partial charge in [0, 0.05) is 11.1 Å². The first kappa shape index (κ1) is 12.5. The molecule has 15 heavy (non-hydrogen) atoms. The van der Waals surface area contributed by atoms with Crippen LogP contribution >= 0.6 is 11.6 Å². The van der Waals surface area contributed by atoms with Crippen molar-refractivity contribution in [1.29, 1.82) is 0 Å². The molecule has 1 aromatic rings. The Morgan fingerprint density at radius 1 is 1.27 bits per heavy atom. The standard InChI is InChI=1S/C13H20ClN/c1-10(2)6-7-13(15)9-11-4-3-5-12(14)8-11/h3-5,8,10,13H,6-7,9,15H2,1-2H3. The van der Waals surface area contributed by atoms with Crippen molar-refractivity contribution < 1.29 is 0 Å². The molecule has 1 atom stereocenters. The van der Waals surface area contributed by atoms with E-state index in [4.69, 9.17) is 17.3 Å². The zero-order valence-electron chi connectivity index (χ0n) is 9.54. The van der Waals surface area contributed by atoms with E-state index in [1.54, 1.807) is 0 Å². The molecule has 0 saturated carbocycles. The molecule has 84 valence electrons. The summed E-state index contributed by atoms with van der Waals surface area (Å²) in [6.45, 7) is 4.46. The van der Waals surface area contributed by atoms with Gasteiger partial charge in [0.05, 0.1) is 0 Å². The summed E-state index contributed by atoms with van der Waals surface area (Å²) in [4.78, 5) is 0. The van der Waals surface area contributed by atoms with Crippen LogP contribution in [-0.2, 0) is 6.42 Å². The lowest BCUT2D eigenvalue weighted by molar-refractivity contribution is 0.495. The van der Waals surface area contributed by atoms with Crippen LogP contribution in [0, 0.1) is 5.92 Å². The summed E-state index contributed by atoms with van der Waals surface area (Å²) in [5, 5.41) is 0.795. The normalized spacial score (nSPS) is 13.1. The van der Waals surface area contributed by atoms with E-state index < -0.39 is 0 Å². The van der Waals surface area contributed by atoms with E-state index in [1.165, 1.54) is 12.0 Å². The molecule has 0 bridgehead atoms.